The normalized spacial score (nSPS) is 23.0. The minimum atomic E-state index is 0.400. The van der Waals surface area contributed by atoms with Gasteiger partial charge in [-0.2, -0.15) is 0 Å². The second kappa shape index (κ2) is 7.60. The maximum absolute atomic E-state index is 10.4. The van der Waals surface area contributed by atoms with Crippen molar-refractivity contribution in [3.8, 4) is 11.1 Å². The van der Waals surface area contributed by atoms with Crippen molar-refractivity contribution in [3.63, 3.8) is 0 Å². The lowest BCUT2D eigenvalue weighted by Crippen LogP contribution is -2.50. The second-order valence-electron chi connectivity index (χ2n) is 7.38. The summed E-state index contributed by atoms with van der Waals surface area (Å²) in [5, 5.41) is 3.45. The first kappa shape index (κ1) is 17.3. The molecule has 2 unspecified atom stereocenters. The van der Waals surface area contributed by atoms with E-state index >= 15 is 0 Å². The Balaban J connectivity index is 0.000000144. The van der Waals surface area contributed by atoms with Crippen LogP contribution in [0.5, 0.6) is 0 Å². The number of carbonyl (C=O) groups is 1. The van der Waals surface area contributed by atoms with Crippen molar-refractivity contribution in [1.29, 1.82) is 0 Å². The van der Waals surface area contributed by atoms with E-state index in [2.05, 4.69) is 53.8 Å². The molecule has 0 spiro atoms. The number of rotatable bonds is 3. The Kier molecular flexibility index (Phi) is 5.05. The molecule has 2 bridgehead atoms. The van der Waals surface area contributed by atoms with Gasteiger partial charge in [-0.05, 0) is 35.1 Å². The molecule has 26 heavy (non-hydrogen) atoms. The third-order valence-corrected chi connectivity index (χ3v) is 5.69. The molecule has 3 aliphatic rings. The molecular weight excluding hydrogens is 324 g/mol. The van der Waals surface area contributed by atoms with Crippen LogP contribution in [0.4, 0.5) is 0 Å². The minimum Gasteiger partial charge on any atom is -0.384 e. The van der Waals surface area contributed by atoms with Crippen molar-refractivity contribution < 1.29 is 9.53 Å². The van der Waals surface area contributed by atoms with Crippen LogP contribution >= 0.6 is 0 Å². The van der Waals surface area contributed by atoms with Gasteiger partial charge in [0.2, 0.25) is 6.41 Å². The van der Waals surface area contributed by atoms with Gasteiger partial charge in [-0.15, -0.1) is 0 Å². The maximum atomic E-state index is 10.4. The number of piperazine rings is 1. The van der Waals surface area contributed by atoms with Crippen molar-refractivity contribution in [1.82, 2.24) is 10.2 Å². The van der Waals surface area contributed by atoms with E-state index in [9.17, 15) is 4.79 Å². The highest BCUT2D eigenvalue weighted by Gasteiger charge is 2.31. The van der Waals surface area contributed by atoms with Crippen LogP contribution in [0.3, 0.4) is 0 Å². The predicted molar refractivity (Wildman–Crippen MR) is 103 cm³/mol. The quantitative estimate of drug-likeness (QED) is 0.865. The Morgan fingerprint density at radius 1 is 1.00 bits per heavy atom. The number of methoxy groups -OCH3 is 1. The predicted octanol–water partition coefficient (Wildman–Crippen LogP) is 3.02. The van der Waals surface area contributed by atoms with E-state index in [1.165, 1.54) is 35.1 Å². The van der Waals surface area contributed by atoms with Gasteiger partial charge in [-0.1, -0.05) is 48.5 Å². The summed E-state index contributed by atoms with van der Waals surface area (Å²) >= 11 is 0. The molecule has 0 radical (unpaired) electrons. The highest BCUT2D eigenvalue weighted by Crippen LogP contribution is 2.44. The highest BCUT2D eigenvalue weighted by molar-refractivity contribution is 5.78. The lowest BCUT2D eigenvalue weighted by Gasteiger charge is -2.29. The SMILES string of the molecule is COCC1c2ccccc2-c2ccccc21.O=CN1CC2CCC(C1)N2. The van der Waals surface area contributed by atoms with Crippen LogP contribution in [-0.4, -0.2) is 50.2 Å². The average Bonchev–Trinajstić information content (AvgIpc) is 3.20. The molecule has 2 aliphatic heterocycles. The molecule has 2 fully saturated rings. The fourth-order valence-corrected chi connectivity index (χ4v) is 4.52. The van der Waals surface area contributed by atoms with Crippen molar-refractivity contribution >= 4 is 6.41 Å². The van der Waals surface area contributed by atoms with Gasteiger partial charge < -0.3 is 15.0 Å². The van der Waals surface area contributed by atoms with Crippen molar-refractivity contribution in [2.75, 3.05) is 26.8 Å². The van der Waals surface area contributed by atoms with E-state index in [-0.39, 0.29) is 0 Å². The van der Waals surface area contributed by atoms with Gasteiger partial charge in [0, 0.05) is 38.2 Å². The molecule has 5 rings (SSSR count). The molecule has 2 heterocycles. The smallest absolute Gasteiger partial charge is 0.209 e. The van der Waals surface area contributed by atoms with Crippen LogP contribution in [0.15, 0.2) is 48.5 Å². The Labute approximate surface area is 155 Å². The molecule has 1 amide bonds. The largest absolute Gasteiger partial charge is 0.384 e. The lowest BCUT2D eigenvalue weighted by atomic mass is 9.98. The molecule has 4 heteroatoms. The van der Waals surface area contributed by atoms with E-state index in [1.54, 1.807) is 7.11 Å². The Hall–Kier alpha value is -2.17. The zero-order chi connectivity index (χ0) is 17.9. The zero-order valence-electron chi connectivity index (χ0n) is 15.2. The van der Waals surface area contributed by atoms with Gasteiger partial charge in [0.1, 0.15) is 0 Å². The molecule has 2 saturated heterocycles. The van der Waals surface area contributed by atoms with E-state index in [0.717, 1.165) is 26.1 Å². The van der Waals surface area contributed by atoms with Crippen LogP contribution in [0.2, 0.25) is 0 Å². The van der Waals surface area contributed by atoms with Crippen molar-refractivity contribution in [2.24, 2.45) is 0 Å². The number of benzene rings is 2. The third-order valence-electron chi connectivity index (χ3n) is 5.69. The van der Waals surface area contributed by atoms with Crippen LogP contribution in [0, 0.1) is 0 Å². The standard InChI is InChI=1S/C15H14O.C7H12N2O/c1-16-10-15-13-8-4-2-6-11(13)12-7-3-5-9-14(12)15;10-5-9-3-6-1-2-7(4-9)8-6/h2-9,15H,10H2,1H3;5-8H,1-4H2. The van der Waals surface area contributed by atoms with E-state index in [0.29, 0.717) is 18.0 Å². The molecule has 1 aliphatic carbocycles. The van der Waals surface area contributed by atoms with Crippen LogP contribution in [-0.2, 0) is 9.53 Å². The molecule has 136 valence electrons. The summed E-state index contributed by atoms with van der Waals surface area (Å²) in [4.78, 5) is 12.3. The van der Waals surface area contributed by atoms with E-state index in [4.69, 9.17) is 4.74 Å². The fourth-order valence-electron chi connectivity index (χ4n) is 4.52. The third kappa shape index (κ3) is 3.27. The number of fused-ring (bicyclic) bond motifs is 5. The number of hydrogen-bond acceptors (Lipinski definition) is 3. The summed E-state index contributed by atoms with van der Waals surface area (Å²) in [6.45, 7) is 2.59. The van der Waals surface area contributed by atoms with Crippen LogP contribution < -0.4 is 5.32 Å². The number of carbonyl (C=O) groups excluding carboxylic acids is 1. The molecule has 1 N–H and O–H groups in total. The Morgan fingerprint density at radius 3 is 2.04 bits per heavy atom. The molecule has 0 saturated carbocycles. The maximum Gasteiger partial charge on any atom is 0.209 e. The van der Waals surface area contributed by atoms with Crippen LogP contribution in [0.25, 0.3) is 11.1 Å². The number of likely N-dealkylation sites (tertiary alicyclic amines) is 1. The van der Waals surface area contributed by atoms with Gasteiger partial charge in [0.15, 0.2) is 0 Å². The second-order valence-corrected chi connectivity index (χ2v) is 7.38. The van der Waals surface area contributed by atoms with E-state index in [1.807, 2.05) is 4.90 Å². The topological polar surface area (TPSA) is 41.6 Å². The number of amides is 1. The van der Waals surface area contributed by atoms with Crippen molar-refractivity contribution in [2.45, 2.75) is 30.8 Å². The lowest BCUT2D eigenvalue weighted by molar-refractivity contribution is -0.119. The van der Waals surface area contributed by atoms with Gasteiger partial charge in [-0.25, -0.2) is 0 Å². The summed E-state index contributed by atoms with van der Waals surface area (Å²) in [5.74, 6) is 0.400. The van der Waals surface area contributed by atoms with Crippen molar-refractivity contribution in [3.05, 3.63) is 59.7 Å². The van der Waals surface area contributed by atoms with Gasteiger partial charge in [-0.3, -0.25) is 4.79 Å². The average molecular weight is 350 g/mol. The van der Waals surface area contributed by atoms with Gasteiger partial charge in [0.05, 0.1) is 6.61 Å². The monoisotopic (exact) mass is 350 g/mol. The summed E-state index contributed by atoms with van der Waals surface area (Å²) in [5.41, 5.74) is 5.51. The molecule has 4 nitrogen and oxygen atoms in total. The molecule has 2 aromatic rings. The first-order valence-electron chi connectivity index (χ1n) is 9.42. The van der Waals surface area contributed by atoms with Gasteiger partial charge in [0.25, 0.3) is 0 Å². The fraction of sp³-hybridized carbons (Fsp3) is 0.409. The first-order chi connectivity index (χ1) is 12.8. The molecular formula is C22H26N2O2. The first-order valence-corrected chi connectivity index (χ1v) is 9.42. The zero-order valence-corrected chi connectivity index (χ0v) is 15.2. The summed E-state index contributed by atoms with van der Waals surface area (Å²) in [7, 11) is 1.77. The summed E-state index contributed by atoms with van der Waals surface area (Å²) < 4.78 is 5.34. The van der Waals surface area contributed by atoms with Gasteiger partial charge >= 0.3 is 0 Å². The summed E-state index contributed by atoms with van der Waals surface area (Å²) in [6, 6.07) is 18.4. The Morgan fingerprint density at radius 2 is 1.54 bits per heavy atom. The minimum absolute atomic E-state index is 0.400. The molecule has 2 aromatic carbocycles. The number of hydrogen-bond donors (Lipinski definition) is 1. The number of ether oxygens (including phenoxy) is 1. The summed E-state index contributed by atoms with van der Waals surface area (Å²) in [6.07, 6.45) is 3.45. The van der Waals surface area contributed by atoms with Crippen LogP contribution in [0.1, 0.15) is 29.9 Å². The van der Waals surface area contributed by atoms with E-state index < -0.39 is 0 Å². The Bertz CT molecular complexity index is 719. The molecule has 2 atom stereocenters. The molecule has 0 aromatic heterocycles. The number of nitrogens with zero attached hydrogens (tertiary/aromatic N) is 1. The number of nitrogens with one attached hydrogen (secondary N) is 1. The highest BCUT2D eigenvalue weighted by atomic mass is 16.5.